The number of carbonyl (C=O) groups excluding carboxylic acids is 4. The zero-order valence-electron chi connectivity index (χ0n) is 24.1. The Kier molecular flexibility index (Phi) is 10.7. The smallest absolute Gasteiger partial charge is 0.335 e. The van der Waals surface area contributed by atoms with Gasteiger partial charge in [-0.05, 0) is 73.5 Å². The van der Waals surface area contributed by atoms with Gasteiger partial charge in [0, 0.05) is 16.8 Å². The summed E-state index contributed by atoms with van der Waals surface area (Å²) in [4.78, 5) is 52.3. The number of ether oxygens (including phenoxy) is 4. The summed E-state index contributed by atoms with van der Waals surface area (Å²) in [6, 6.07) is 13.1. The van der Waals surface area contributed by atoms with Gasteiger partial charge in [-0.1, -0.05) is 30.1 Å². The van der Waals surface area contributed by atoms with Gasteiger partial charge in [0.25, 0.3) is 17.7 Å². The van der Waals surface area contributed by atoms with Crippen molar-refractivity contribution in [2.75, 3.05) is 37.1 Å². The van der Waals surface area contributed by atoms with Gasteiger partial charge in [-0.3, -0.25) is 19.7 Å². The molecule has 44 heavy (non-hydrogen) atoms. The molecule has 13 heteroatoms. The first-order valence-corrected chi connectivity index (χ1v) is 14.3. The summed E-state index contributed by atoms with van der Waals surface area (Å²) in [6.07, 6.45) is 2.05. The molecule has 0 aromatic heterocycles. The third-order valence-electron chi connectivity index (χ3n) is 6.09. The Morgan fingerprint density at radius 2 is 1.68 bits per heavy atom. The Balaban J connectivity index is 1.58. The number of carbonyl (C=O) groups is 4. The van der Waals surface area contributed by atoms with Gasteiger partial charge < -0.3 is 24.3 Å². The van der Waals surface area contributed by atoms with Crippen LogP contribution in [0.3, 0.4) is 0 Å². The molecule has 5 amide bonds. The molecule has 11 nitrogen and oxygen atoms in total. The number of imide groups is 2. The van der Waals surface area contributed by atoms with Crippen molar-refractivity contribution in [3.8, 4) is 23.0 Å². The molecule has 1 saturated heterocycles. The summed E-state index contributed by atoms with van der Waals surface area (Å²) in [5.41, 5.74) is 0.679. The third-order valence-corrected chi connectivity index (χ3v) is 6.62. The molecule has 0 aliphatic carbocycles. The van der Waals surface area contributed by atoms with Crippen molar-refractivity contribution in [2.24, 2.45) is 0 Å². The van der Waals surface area contributed by atoms with E-state index in [4.69, 9.17) is 42.1 Å². The van der Waals surface area contributed by atoms with Gasteiger partial charge in [-0.2, -0.15) is 0 Å². The molecule has 230 valence electrons. The normalized spacial score (nSPS) is 13.9. The Labute approximate surface area is 263 Å². The molecule has 0 bridgehead atoms. The zero-order valence-corrected chi connectivity index (χ0v) is 25.6. The zero-order chi connectivity index (χ0) is 31.8. The molecule has 4 rings (SSSR count). The van der Waals surface area contributed by atoms with Crippen LogP contribution in [0.4, 0.5) is 16.2 Å². The molecule has 1 heterocycles. The monoisotopic (exact) mass is 641 g/mol. The average Bonchev–Trinajstić information content (AvgIpc) is 2.99. The maximum atomic E-state index is 13.5. The summed E-state index contributed by atoms with van der Waals surface area (Å²) in [5, 5.41) is 5.45. The van der Waals surface area contributed by atoms with Crippen molar-refractivity contribution in [2.45, 2.75) is 20.3 Å². The number of methoxy groups -OCH3 is 1. The van der Waals surface area contributed by atoms with E-state index >= 15 is 0 Å². The number of nitrogens with one attached hydrogen (secondary N) is 2. The summed E-state index contributed by atoms with van der Waals surface area (Å²) in [6.45, 7) is 3.99. The summed E-state index contributed by atoms with van der Waals surface area (Å²) in [7, 11) is 1.43. The lowest BCUT2D eigenvalue weighted by Crippen LogP contribution is -2.54. The molecule has 2 N–H and O–H groups in total. The van der Waals surface area contributed by atoms with Crippen LogP contribution in [0.15, 0.2) is 60.2 Å². The van der Waals surface area contributed by atoms with Gasteiger partial charge in [-0.15, -0.1) is 0 Å². The van der Waals surface area contributed by atoms with Gasteiger partial charge in [0.1, 0.15) is 5.57 Å². The highest BCUT2D eigenvalue weighted by atomic mass is 35.5. The molecule has 3 aromatic rings. The number of benzene rings is 3. The molecule has 1 fully saturated rings. The first-order valence-electron chi connectivity index (χ1n) is 13.5. The lowest BCUT2D eigenvalue weighted by atomic mass is 10.1. The predicted octanol–water partition coefficient (Wildman–Crippen LogP) is 5.87. The van der Waals surface area contributed by atoms with Crippen molar-refractivity contribution in [3.05, 3.63) is 75.8 Å². The maximum absolute atomic E-state index is 13.5. The Bertz CT molecular complexity index is 1610. The fourth-order valence-corrected chi connectivity index (χ4v) is 4.53. The second kappa shape index (κ2) is 14.6. The van der Waals surface area contributed by atoms with Gasteiger partial charge in [0.15, 0.2) is 29.6 Å². The van der Waals surface area contributed by atoms with E-state index in [0.29, 0.717) is 34.4 Å². The second-order valence-corrected chi connectivity index (χ2v) is 10.1. The fraction of sp³-hybridized carbons (Fsp3) is 0.226. The maximum Gasteiger partial charge on any atom is 0.335 e. The van der Waals surface area contributed by atoms with Gasteiger partial charge in [-0.25, -0.2) is 9.69 Å². The minimum atomic E-state index is -0.921. The van der Waals surface area contributed by atoms with Crippen LogP contribution in [0.25, 0.3) is 6.08 Å². The summed E-state index contributed by atoms with van der Waals surface area (Å²) >= 11 is 12.4. The quantitative estimate of drug-likeness (QED) is 0.185. The molecule has 0 unspecified atom stereocenters. The minimum absolute atomic E-state index is 0.0612. The van der Waals surface area contributed by atoms with E-state index in [2.05, 4.69) is 10.6 Å². The number of halogens is 2. The standard InChI is InChI=1S/C31H29Cl2N3O8/c1-4-12-43-24-11-10-21(16-25(24)41-3)36-30(39)22(29(38)35-31(36)40)13-18-14-23(33)28(26(15-18)42-5-2)44-17-27(37)34-20-8-6-19(32)7-9-20/h6-11,13-16H,4-5,12,17H2,1-3H3,(H,34,37)(H,35,38,40)/b22-13+. The number of barbiturate groups is 1. The Morgan fingerprint density at radius 3 is 2.36 bits per heavy atom. The molecule has 3 aromatic carbocycles. The Morgan fingerprint density at radius 1 is 0.932 bits per heavy atom. The lowest BCUT2D eigenvalue weighted by Gasteiger charge is -2.27. The van der Waals surface area contributed by atoms with Crippen LogP contribution >= 0.6 is 23.2 Å². The first-order chi connectivity index (χ1) is 21.1. The van der Waals surface area contributed by atoms with Crippen LogP contribution in [0.1, 0.15) is 25.8 Å². The number of hydrogen-bond donors (Lipinski definition) is 2. The van der Waals surface area contributed by atoms with E-state index in [-0.39, 0.29) is 41.0 Å². The van der Waals surface area contributed by atoms with Crippen molar-refractivity contribution in [1.82, 2.24) is 5.32 Å². The topological polar surface area (TPSA) is 132 Å². The molecular weight excluding hydrogens is 613 g/mol. The number of amides is 5. The van der Waals surface area contributed by atoms with Crippen molar-refractivity contribution >= 4 is 64.4 Å². The highest BCUT2D eigenvalue weighted by Crippen LogP contribution is 2.38. The molecule has 0 spiro atoms. The van der Waals surface area contributed by atoms with Crippen molar-refractivity contribution in [3.63, 3.8) is 0 Å². The van der Waals surface area contributed by atoms with Crippen LogP contribution < -0.4 is 34.5 Å². The SMILES string of the molecule is CCCOc1ccc(N2C(=O)NC(=O)/C(=C\c3cc(Cl)c(OCC(=O)Nc4ccc(Cl)cc4)c(OCC)c3)C2=O)cc1OC. The first kappa shape index (κ1) is 32.2. The number of anilines is 2. The molecule has 0 atom stereocenters. The van der Waals surface area contributed by atoms with Crippen molar-refractivity contribution in [1.29, 1.82) is 0 Å². The molecule has 1 aliphatic heterocycles. The van der Waals surface area contributed by atoms with E-state index in [1.54, 1.807) is 37.3 Å². The number of urea groups is 1. The van der Waals surface area contributed by atoms with Crippen LogP contribution in [-0.2, 0) is 14.4 Å². The van der Waals surface area contributed by atoms with Crippen LogP contribution in [0.2, 0.25) is 10.0 Å². The van der Waals surface area contributed by atoms with Crippen LogP contribution in [-0.4, -0.2) is 50.7 Å². The fourth-order valence-electron chi connectivity index (χ4n) is 4.13. The number of nitrogens with zero attached hydrogens (tertiary/aromatic N) is 1. The van der Waals surface area contributed by atoms with Crippen LogP contribution in [0.5, 0.6) is 23.0 Å². The predicted molar refractivity (Wildman–Crippen MR) is 166 cm³/mol. The average molecular weight is 642 g/mol. The second-order valence-electron chi connectivity index (χ2n) is 9.25. The van der Waals surface area contributed by atoms with E-state index in [9.17, 15) is 19.2 Å². The minimum Gasteiger partial charge on any atom is -0.493 e. The highest BCUT2D eigenvalue weighted by Gasteiger charge is 2.37. The lowest BCUT2D eigenvalue weighted by molar-refractivity contribution is -0.122. The van der Waals surface area contributed by atoms with E-state index < -0.39 is 23.8 Å². The van der Waals surface area contributed by atoms with E-state index in [1.165, 1.54) is 37.5 Å². The van der Waals surface area contributed by atoms with Gasteiger partial charge >= 0.3 is 6.03 Å². The molecular formula is C31H29Cl2N3O8. The largest absolute Gasteiger partial charge is 0.493 e. The van der Waals surface area contributed by atoms with E-state index in [1.807, 2.05) is 6.92 Å². The third kappa shape index (κ3) is 7.61. The van der Waals surface area contributed by atoms with Gasteiger partial charge in [0.05, 0.1) is 31.0 Å². The van der Waals surface area contributed by atoms with Gasteiger partial charge in [0.2, 0.25) is 0 Å². The Hall–Kier alpha value is -4.74. The highest BCUT2D eigenvalue weighted by molar-refractivity contribution is 6.39. The van der Waals surface area contributed by atoms with E-state index in [0.717, 1.165) is 11.3 Å². The number of hydrogen-bond acceptors (Lipinski definition) is 8. The van der Waals surface area contributed by atoms with Crippen LogP contribution in [0, 0.1) is 0 Å². The summed E-state index contributed by atoms with van der Waals surface area (Å²) in [5.74, 6) is -1.18. The number of rotatable bonds is 12. The molecule has 1 aliphatic rings. The molecule has 0 saturated carbocycles. The molecule has 0 radical (unpaired) electrons. The summed E-state index contributed by atoms with van der Waals surface area (Å²) < 4.78 is 22.4. The van der Waals surface area contributed by atoms with Crippen molar-refractivity contribution < 1.29 is 38.1 Å².